The Morgan fingerprint density at radius 2 is 1.78 bits per heavy atom. The highest BCUT2D eigenvalue weighted by molar-refractivity contribution is 5.91. The Bertz CT molecular complexity index is 934. The highest BCUT2D eigenvalue weighted by atomic mass is 16.2. The molecule has 0 radical (unpaired) electrons. The van der Waals surface area contributed by atoms with Crippen molar-refractivity contribution in [3.63, 3.8) is 0 Å². The summed E-state index contributed by atoms with van der Waals surface area (Å²) in [5.74, 6) is 4.21. The maximum Gasteiger partial charge on any atom is 0.239 e. The molecule has 0 aliphatic heterocycles. The SMILES string of the molecule is CC(C)C1CCC(C2CC(NC(=O)CNc3ncnc4ccc(C(C)(C)C)cc34)C2)CC1. The van der Waals surface area contributed by atoms with Gasteiger partial charge >= 0.3 is 0 Å². The van der Waals surface area contributed by atoms with Gasteiger partial charge in [0.1, 0.15) is 12.1 Å². The molecule has 0 bridgehead atoms. The van der Waals surface area contributed by atoms with Crippen LogP contribution in [0.1, 0.15) is 78.7 Å². The first-order valence-corrected chi connectivity index (χ1v) is 12.5. The Morgan fingerprint density at radius 3 is 2.44 bits per heavy atom. The summed E-state index contributed by atoms with van der Waals surface area (Å²) in [4.78, 5) is 21.3. The zero-order valence-corrected chi connectivity index (χ0v) is 20.4. The lowest BCUT2D eigenvalue weighted by molar-refractivity contribution is -0.121. The summed E-state index contributed by atoms with van der Waals surface area (Å²) in [6.07, 6.45) is 9.40. The quantitative estimate of drug-likeness (QED) is 0.610. The van der Waals surface area contributed by atoms with Crippen molar-refractivity contribution in [3.8, 4) is 0 Å². The van der Waals surface area contributed by atoms with E-state index in [-0.39, 0.29) is 17.9 Å². The van der Waals surface area contributed by atoms with Crippen LogP contribution in [0.15, 0.2) is 24.5 Å². The minimum absolute atomic E-state index is 0.0491. The summed E-state index contributed by atoms with van der Waals surface area (Å²) in [5, 5.41) is 7.43. The van der Waals surface area contributed by atoms with E-state index in [9.17, 15) is 4.79 Å². The predicted octanol–water partition coefficient (Wildman–Crippen LogP) is 5.70. The van der Waals surface area contributed by atoms with Gasteiger partial charge in [0, 0.05) is 11.4 Å². The number of amides is 1. The van der Waals surface area contributed by atoms with E-state index in [1.807, 2.05) is 6.07 Å². The van der Waals surface area contributed by atoms with Gasteiger partial charge in [-0.25, -0.2) is 9.97 Å². The highest BCUT2D eigenvalue weighted by Gasteiger charge is 2.37. The Hall–Kier alpha value is -2.17. The Morgan fingerprint density at radius 1 is 1.06 bits per heavy atom. The van der Waals surface area contributed by atoms with Crippen LogP contribution in [0.2, 0.25) is 0 Å². The lowest BCUT2D eigenvalue weighted by atomic mass is 9.65. The van der Waals surface area contributed by atoms with Crippen LogP contribution in [0.3, 0.4) is 0 Å². The Labute approximate surface area is 193 Å². The largest absolute Gasteiger partial charge is 0.360 e. The van der Waals surface area contributed by atoms with Crippen LogP contribution in [0.4, 0.5) is 5.82 Å². The summed E-state index contributed by atoms with van der Waals surface area (Å²) in [6, 6.07) is 6.63. The number of hydrogen-bond acceptors (Lipinski definition) is 4. The zero-order valence-electron chi connectivity index (χ0n) is 20.4. The molecule has 174 valence electrons. The highest BCUT2D eigenvalue weighted by Crippen LogP contribution is 2.44. The number of carbonyl (C=O) groups excluding carboxylic acids is 1. The number of hydrogen-bond donors (Lipinski definition) is 2. The fraction of sp³-hybridized carbons (Fsp3) is 0.667. The molecular formula is C27H40N4O. The minimum Gasteiger partial charge on any atom is -0.360 e. The topological polar surface area (TPSA) is 66.9 Å². The fourth-order valence-electron chi connectivity index (χ4n) is 5.55. The number of benzene rings is 1. The van der Waals surface area contributed by atoms with Crippen LogP contribution in [0.5, 0.6) is 0 Å². The molecule has 2 aliphatic carbocycles. The monoisotopic (exact) mass is 436 g/mol. The van der Waals surface area contributed by atoms with Crippen molar-refractivity contribution in [2.75, 3.05) is 11.9 Å². The van der Waals surface area contributed by atoms with Gasteiger partial charge in [-0.1, -0.05) is 40.7 Å². The molecule has 5 heteroatoms. The zero-order chi connectivity index (χ0) is 22.9. The standard InChI is InChI=1S/C27H40N4O/c1-17(2)18-6-8-19(9-7-18)20-12-22(13-20)31-25(32)15-28-26-23-14-21(27(3,4)5)10-11-24(23)29-16-30-26/h10-11,14,16-20,22H,6-9,12-13,15H2,1-5H3,(H,31,32)(H,28,29,30). The molecule has 0 unspecified atom stereocenters. The van der Waals surface area contributed by atoms with Gasteiger partial charge in [0.2, 0.25) is 5.91 Å². The maximum absolute atomic E-state index is 12.6. The van der Waals surface area contributed by atoms with Crippen molar-refractivity contribution >= 4 is 22.6 Å². The molecule has 2 aromatic rings. The molecule has 0 saturated heterocycles. The normalized spacial score (nSPS) is 26.1. The Balaban J connectivity index is 1.26. The number of rotatable bonds is 6. The number of anilines is 1. The molecule has 1 aromatic heterocycles. The van der Waals surface area contributed by atoms with Crippen LogP contribution in [0, 0.1) is 23.7 Å². The van der Waals surface area contributed by atoms with Crippen molar-refractivity contribution in [1.82, 2.24) is 15.3 Å². The van der Waals surface area contributed by atoms with Gasteiger partial charge in [-0.2, -0.15) is 0 Å². The second kappa shape index (κ2) is 9.36. The smallest absolute Gasteiger partial charge is 0.239 e. The van der Waals surface area contributed by atoms with Gasteiger partial charge in [-0.3, -0.25) is 4.79 Å². The van der Waals surface area contributed by atoms with E-state index in [1.165, 1.54) is 31.2 Å². The van der Waals surface area contributed by atoms with Crippen molar-refractivity contribution in [2.45, 2.75) is 84.6 Å². The minimum atomic E-state index is 0.0491. The molecule has 2 N–H and O–H groups in total. The van der Waals surface area contributed by atoms with Crippen LogP contribution >= 0.6 is 0 Å². The first-order chi connectivity index (χ1) is 15.2. The number of nitrogens with one attached hydrogen (secondary N) is 2. The molecule has 1 heterocycles. The van der Waals surface area contributed by atoms with Gasteiger partial charge in [0.25, 0.3) is 0 Å². The van der Waals surface area contributed by atoms with Crippen LogP contribution in [-0.4, -0.2) is 28.5 Å². The lowest BCUT2D eigenvalue weighted by Gasteiger charge is -2.44. The molecule has 1 amide bonds. The van der Waals surface area contributed by atoms with Crippen molar-refractivity contribution in [1.29, 1.82) is 0 Å². The fourth-order valence-corrected chi connectivity index (χ4v) is 5.55. The van der Waals surface area contributed by atoms with Crippen LogP contribution in [0.25, 0.3) is 10.9 Å². The third-order valence-corrected chi connectivity index (χ3v) is 7.88. The van der Waals surface area contributed by atoms with Gasteiger partial charge < -0.3 is 10.6 Å². The van der Waals surface area contributed by atoms with Crippen molar-refractivity contribution in [2.24, 2.45) is 23.7 Å². The number of aromatic nitrogens is 2. The average molecular weight is 437 g/mol. The maximum atomic E-state index is 12.6. The van der Waals surface area contributed by atoms with Gasteiger partial charge in [-0.15, -0.1) is 0 Å². The lowest BCUT2D eigenvalue weighted by Crippen LogP contribution is -2.48. The summed E-state index contributed by atoms with van der Waals surface area (Å²) >= 11 is 0. The number of fused-ring (bicyclic) bond motifs is 1. The summed E-state index contributed by atoms with van der Waals surface area (Å²) in [5.41, 5.74) is 2.17. The van der Waals surface area contributed by atoms with E-state index in [1.54, 1.807) is 6.33 Å². The molecule has 1 aromatic carbocycles. The second-order valence-corrected chi connectivity index (χ2v) is 11.5. The van der Waals surface area contributed by atoms with Gasteiger partial charge in [0.15, 0.2) is 0 Å². The third kappa shape index (κ3) is 5.24. The third-order valence-electron chi connectivity index (χ3n) is 7.88. The molecule has 0 spiro atoms. The molecule has 5 nitrogen and oxygen atoms in total. The molecule has 2 aliphatic rings. The van der Waals surface area contributed by atoms with E-state index < -0.39 is 0 Å². The van der Waals surface area contributed by atoms with Gasteiger partial charge in [-0.05, 0) is 85.3 Å². The average Bonchev–Trinajstić information content (AvgIpc) is 2.73. The van der Waals surface area contributed by atoms with Crippen LogP contribution < -0.4 is 10.6 Å². The molecule has 2 saturated carbocycles. The molecular weight excluding hydrogens is 396 g/mol. The van der Waals surface area contributed by atoms with E-state index in [2.05, 4.69) is 67.4 Å². The van der Waals surface area contributed by atoms with Crippen molar-refractivity contribution < 1.29 is 4.79 Å². The van der Waals surface area contributed by atoms with E-state index >= 15 is 0 Å². The molecule has 32 heavy (non-hydrogen) atoms. The molecule has 2 fully saturated rings. The van der Waals surface area contributed by atoms with Crippen molar-refractivity contribution in [3.05, 3.63) is 30.1 Å². The van der Waals surface area contributed by atoms with Gasteiger partial charge in [0.05, 0.1) is 12.1 Å². The molecule has 0 atom stereocenters. The van der Waals surface area contributed by atoms with Crippen LogP contribution in [-0.2, 0) is 10.2 Å². The predicted molar refractivity (Wildman–Crippen MR) is 132 cm³/mol. The molecule has 4 rings (SSSR count). The summed E-state index contributed by atoms with van der Waals surface area (Å²) in [6.45, 7) is 11.6. The Kier molecular flexibility index (Phi) is 6.73. The van der Waals surface area contributed by atoms with E-state index in [0.29, 0.717) is 6.04 Å². The van der Waals surface area contributed by atoms with E-state index in [4.69, 9.17) is 0 Å². The summed E-state index contributed by atoms with van der Waals surface area (Å²) in [7, 11) is 0. The van der Waals surface area contributed by atoms with E-state index in [0.717, 1.165) is 53.2 Å². The second-order valence-electron chi connectivity index (χ2n) is 11.5. The summed E-state index contributed by atoms with van der Waals surface area (Å²) < 4.78 is 0. The first-order valence-electron chi connectivity index (χ1n) is 12.5. The number of carbonyl (C=O) groups is 1. The number of nitrogens with zero attached hydrogens (tertiary/aromatic N) is 2. The first kappa shape index (κ1) is 23.0.